The molecule has 7 aromatic carbocycles. The van der Waals surface area contributed by atoms with Crippen molar-refractivity contribution in [3.8, 4) is 0 Å². The first-order valence-corrected chi connectivity index (χ1v) is 43.9. The largest absolute Gasteiger partial charge is 0.372 e. The van der Waals surface area contributed by atoms with Crippen LogP contribution in [0.1, 0.15) is 62.3 Å². The van der Waals surface area contributed by atoms with Crippen LogP contribution in [0.5, 0.6) is 0 Å². The smallest absolute Gasteiger partial charge is 0.139 e. The summed E-state index contributed by atoms with van der Waals surface area (Å²) in [5.74, 6) is 5.80. The van der Waals surface area contributed by atoms with Gasteiger partial charge >= 0.3 is 0 Å². The van der Waals surface area contributed by atoms with E-state index in [2.05, 4.69) is 268 Å². The van der Waals surface area contributed by atoms with Gasteiger partial charge in [-0.2, -0.15) is 0 Å². The van der Waals surface area contributed by atoms with E-state index in [1.54, 1.807) is 18.2 Å². The molecule has 0 saturated carbocycles. The zero-order chi connectivity index (χ0) is 88.8. The van der Waals surface area contributed by atoms with Crippen molar-refractivity contribution in [3.05, 3.63) is 377 Å². The van der Waals surface area contributed by atoms with Gasteiger partial charge in [-0.15, -0.1) is 0 Å². The standard InChI is InChI=1S/C18H20N4.C17H19N3.C15H15N3.C14H13N3.C13H9Cl2N3.2C13H10ClN3/c1-2-12-22(13-3-1)16-7-5-15(6-8-16)20-17-9-4-14-10-11-19-18(14)21-17;1-17(2,3)13-5-4-6-14(11-13)19-15-8-7-12-9-10-18-16(12)20-15;1-11-2-4-12(5-3-11)10-17-14-7-6-13-8-9-16-15(13)18-14;1-10-2-5-12(6-3-10)16-13-7-4-11-8-9-15-14(11)17-13;14-9-5-10(15)7-11(6-9)17-12-2-1-8-3-4-16-13(8)18-12;14-10-2-4-11(5-3-10)16-12-6-1-9-7-8-15-13(9)17-12;14-10-2-1-3-11(8-10)16-12-5-4-9-6-7-15-13(9)17-12/h4-11H,1-3,12-13H2,(H2,19,20,21);4-11H,1-3H3,(H2,18,19,20);2-9H,10H2,1H3,(H2,16,17,18);2-9H,1H3,(H2,15,16,17);1-7H,(H2,16,17,18);2*1-8H,(H2,15,16,17). The molecule has 129 heavy (non-hydrogen) atoms. The van der Waals surface area contributed by atoms with Gasteiger partial charge in [-0.05, 0) is 286 Å². The van der Waals surface area contributed by atoms with Gasteiger partial charge < -0.3 is 77.0 Å². The van der Waals surface area contributed by atoms with Crippen LogP contribution in [-0.4, -0.2) is 82.9 Å². The number of piperidine rings is 1. The van der Waals surface area contributed by atoms with Crippen molar-refractivity contribution in [1.82, 2.24) is 69.8 Å². The van der Waals surface area contributed by atoms with E-state index in [1.807, 2.05) is 195 Å². The highest BCUT2D eigenvalue weighted by Gasteiger charge is 2.16. The third-order valence-corrected chi connectivity index (χ3v) is 21.9. The maximum absolute atomic E-state index is 5.94. The highest BCUT2D eigenvalue weighted by molar-refractivity contribution is 6.35. The molecule has 0 amide bonds. The SMILES string of the molecule is CC(C)(C)c1cccc(Nc2ccc3cc[nH]c3n2)c1.Cc1ccc(CNc2ccc3cc[nH]c3n2)cc1.Cc1ccc(Nc2ccc3cc[nH]c3n2)cc1.Clc1cc(Cl)cc(Nc2ccc3cc[nH]c3n2)c1.Clc1ccc(Nc2ccc3cc[nH]c3n2)cc1.Clc1cccc(Nc2ccc3cc[nH]c3n2)c1.c1cc2ccc(Nc3ccc(N4CCCCC4)cc3)nc2[nH]1. The number of H-pyrrole nitrogens is 7. The molecular weight excluding hydrogens is 1690 g/mol. The number of anilines is 14. The van der Waals surface area contributed by atoms with Gasteiger partial charge in [0.15, 0.2) is 0 Å². The van der Waals surface area contributed by atoms with Crippen LogP contribution in [0, 0.1) is 13.8 Å². The van der Waals surface area contributed by atoms with Gasteiger partial charge in [0.05, 0.1) is 0 Å². The predicted octanol–water partition coefficient (Wildman–Crippen LogP) is 28.5. The highest BCUT2D eigenvalue weighted by atomic mass is 35.5. The topological polar surface area (TPSA) is 288 Å². The molecule has 14 N–H and O–H groups in total. The summed E-state index contributed by atoms with van der Waals surface area (Å²) in [5.41, 5.74) is 18.7. The molecule has 14 aromatic heterocycles. The molecule has 0 radical (unpaired) electrons. The average molecular weight is 1780 g/mol. The second-order valence-corrected chi connectivity index (χ2v) is 33.6. The zero-order valence-electron chi connectivity index (χ0n) is 71.6. The van der Waals surface area contributed by atoms with Crippen LogP contribution in [-0.2, 0) is 12.0 Å². The Kier molecular flexibility index (Phi) is 28.3. The number of nitrogens with one attached hydrogen (secondary N) is 14. The normalized spacial score (nSPS) is 11.6. The fourth-order valence-electron chi connectivity index (χ4n) is 14.1. The fourth-order valence-corrected chi connectivity index (χ4v) is 15.0. The number of aryl methyl sites for hydroxylation is 2. The molecule has 22 nitrogen and oxygen atoms in total. The Balaban J connectivity index is 0.000000111. The molecule has 646 valence electrons. The second-order valence-electron chi connectivity index (χ2n) is 31.8. The summed E-state index contributed by atoms with van der Waals surface area (Å²) in [6.45, 7) is 14.0. The summed E-state index contributed by atoms with van der Waals surface area (Å²) in [4.78, 5) is 55.6. The summed E-state index contributed by atoms with van der Waals surface area (Å²) in [5, 5.41) is 33.3. The molecule has 0 atom stereocenters. The summed E-state index contributed by atoms with van der Waals surface area (Å²) in [7, 11) is 0. The zero-order valence-corrected chi connectivity index (χ0v) is 74.6. The molecule has 1 aliphatic heterocycles. The van der Waals surface area contributed by atoms with Crippen LogP contribution in [0.4, 0.5) is 80.5 Å². The average Bonchev–Trinajstić information content (AvgIpc) is 1.43. The third-order valence-electron chi connectivity index (χ3n) is 21.0. The lowest BCUT2D eigenvalue weighted by molar-refractivity contribution is 0.578. The lowest BCUT2D eigenvalue weighted by Crippen LogP contribution is -2.29. The van der Waals surface area contributed by atoms with Crippen molar-refractivity contribution in [2.45, 2.75) is 65.8 Å². The molecule has 0 spiro atoms. The molecule has 21 aromatic rings. The van der Waals surface area contributed by atoms with Crippen LogP contribution in [0.2, 0.25) is 20.1 Å². The Morgan fingerprint density at radius 3 is 0.961 bits per heavy atom. The number of aromatic amines is 7. The van der Waals surface area contributed by atoms with Gasteiger partial charge in [-0.1, -0.05) is 133 Å². The lowest BCUT2D eigenvalue weighted by Gasteiger charge is -2.28. The molecule has 22 rings (SSSR count). The van der Waals surface area contributed by atoms with Gasteiger partial charge in [-0.3, -0.25) is 0 Å². The van der Waals surface area contributed by atoms with Crippen molar-refractivity contribution in [1.29, 1.82) is 0 Å². The summed E-state index contributed by atoms with van der Waals surface area (Å²) < 4.78 is 0. The Morgan fingerprint density at radius 2 is 0.589 bits per heavy atom. The molecule has 26 heteroatoms. The van der Waals surface area contributed by atoms with E-state index in [0.29, 0.717) is 15.1 Å². The predicted molar refractivity (Wildman–Crippen MR) is 539 cm³/mol. The van der Waals surface area contributed by atoms with E-state index in [4.69, 9.17) is 46.4 Å². The van der Waals surface area contributed by atoms with E-state index in [-0.39, 0.29) is 5.41 Å². The summed E-state index contributed by atoms with van der Waals surface area (Å²) in [6.07, 6.45) is 17.2. The molecular formula is C103H96Cl4N22. The summed E-state index contributed by atoms with van der Waals surface area (Å²) in [6, 6.07) is 96.4. The number of pyridine rings is 7. The Morgan fingerprint density at radius 1 is 0.279 bits per heavy atom. The van der Waals surface area contributed by atoms with Crippen molar-refractivity contribution in [2.24, 2.45) is 0 Å². The summed E-state index contributed by atoms with van der Waals surface area (Å²) >= 11 is 23.6. The Bertz CT molecular complexity index is 7070. The van der Waals surface area contributed by atoms with Gasteiger partial charge in [0.25, 0.3) is 0 Å². The number of hydrogen-bond donors (Lipinski definition) is 14. The number of nitrogens with zero attached hydrogens (tertiary/aromatic N) is 8. The Labute approximate surface area is 766 Å². The van der Waals surface area contributed by atoms with Gasteiger partial charge in [-0.25, -0.2) is 34.9 Å². The first-order valence-electron chi connectivity index (χ1n) is 42.4. The van der Waals surface area contributed by atoms with E-state index in [9.17, 15) is 0 Å². The lowest BCUT2D eigenvalue weighted by atomic mass is 9.87. The van der Waals surface area contributed by atoms with Crippen molar-refractivity contribution in [2.75, 3.05) is 55.2 Å². The van der Waals surface area contributed by atoms with Crippen LogP contribution >= 0.6 is 46.4 Å². The third kappa shape index (κ3) is 24.8. The molecule has 1 fully saturated rings. The van der Waals surface area contributed by atoms with Crippen LogP contribution in [0.25, 0.3) is 77.2 Å². The number of halogens is 4. The van der Waals surface area contributed by atoms with Crippen molar-refractivity contribution < 1.29 is 0 Å². The van der Waals surface area contributed by atoms with E-state index >= 15 is 0 Å². The first kappa shape index (κ1) is 87.4. The fraction of sp³-hybridized carbons (Fsp3) is 0.117. The highest BCUT2D eigenvalue weighted by Crippen LogP contribution is 2.32. The van der Waals surface area contributed by atoms with Crippen LogP contribution in [0.3, 0.4) is 0 Å². The number of benzene rings is 7. The second kappa shape index (κ2) is 41.8. The number of rotatable bonds is 16. The molecule has 15 heterocycles. The maximum atomic E-state index is 5.94. The van der Waals surface area contributed by atoms with Gasteiger partial charge in [0.1, 0.15) is 80.3 Å². The van der Waals surface area contributed by atoms with Gasteiger partial charge in [0.2, 0.25) is 0 Å². The van der Waals surface area contributed by atoms with Crippen LogP contribution < -0.4 is 42.1 Å². The van der Waals surface area contributed by atoms with E-state index in [1.165, 1.54) is 60.3 Å². The first-order chi connectivity index (χ1) is 62.8. The van der Waals surface area contributed by atoms with Crippen LogP contribution in [0.15, 0.2) is 335 Å². The van der Waals surface area contributed by atoms with E-state index in [0.717, 1.165) is 164 Å². The van der Waals surface area contributed by atoms with E-state index < -0.39 is 0 Å². The Hall–Kier alpha value is -15.1. The number of hydrogen-bond acceptors (Lipinski definition) is 15. The molecule has 0 aliphatic carbocycles. The quantitative estimate of drug-likeness (QED) is 0.0428. The van der Waals surface area contributed by atoms with Crippen molar-refractivity contribution >= 4 is 204 Å². The molecule has 0 bridgehead atoms. The molecule has 1 aliphatic rings. The monoisotopic (exact) mass is 1780 g/mol. The maximum Gasteiger partial charge on any atom is 0.139 e. The minimum absolute atomic E-state index is 0.147. The molecule has 1 saturated heterocycles. The number of fused-ring (bicyclic) bond motifs is 7. The minimum atomic E-state index is 0.147. The van der Waals surface area contributed by atoms with Gasteiger partial charge in [0, 0.05) is 161 Å². The number of aromatic nitrogens is 14. The molecule has 0 unspecified atom stereocenters. The minimum Gasteiger partial charge on any atom is -0.372 e. The van der Waals surface area contributed by atoms with Crippen molar-refractivity contribution in [3.63, 3.8) is 0 Å².